The van der Waals surface area contributed by atoms with Crippen LogP contribution in [0.2, 0.25) is 0 Å². The second-order valence-electron chi connectivity index (χ2n) is 9.50. The number of H-pyrrole nitrogens is 1. The van der Waals surface area contributed by atoms with Gasteiger partial charge in [-0.2, -0.15) is 5.10 Å². The minimum atomic E-state index is -0.943. The molecule has 13 heteroatoms. The molecule has 0 radical (unpaired) electrons. The van der Waals surface area contributed by atoms with Gasteiger partial charge in [-0.3, -0.25) is 19.2 Å². The molecular formula is C24H29N7O6. The number of nitrogens with zero attached hydrogens (tertiary/aromatic N) is 4. The van der Waals surface area contributed by atoms with Crippen LogP contribution in [-0.4, -0.2) is 65.5 Å². The van der Waals surface area contributed by atoms with Crippen LogP contribution in [0.5, 0.6) is 5.75 Å². The monoisotopic (exact) mass is 511 g/mol. The van der Waals surface area contributed by atoms with Crippen molar-refractivity contribution in [2.24, 2.45) is 5.92 Å². The number of pyridine rings is 2. The van der Waals surface area contributed by atoms with E-state index in [2.05, 4.69) is 20.8 Å². The number of rotatable bonds is 7. The first-order chi connectivity index (χ1) is 17.5. The highest BCUT2D eigenvalue weighted by atomic mass is 16.3. The molecule has 3 aromatic rings. The second-order valence-corrected chi connectivity index (χ2v) is 9.50. The molecule has 0 saturated heterocycles. The summed E-state index contributed by atoms with van der Waals surface area (Å²) in [4.78, 5) is 64.8. The minimum absolute atomic E-state index is 0.0975. The molecule has 0 fully saturated rings. The van der Waals surface area contributed by atoms with Crippen LogP contribution in [0.3, 0.4) is 0 Å². The molecule has 4 heterocycles. The van der Waals surface area contributed by atoms with Gasteiger partial charge < -0.3 is 25.2 Å². The second kappa shape index (κ2) is 9.91. The Hall–Kier alpha value is -4.42. The number of hydrogen-bond donors (Lipinski definition) is 4. The van der Waals surface area contributed by atoms with Gasteiger partial charge in [0.1, 0.15) is 6.04 Å². The molecule has 1 aliphatic rings. The summed E-state index contributed by atoms with van der Waals surface area (Å²) in [6, 6.07) is 3.15. The molecule has 1 aliphatic heterocycles. The summed E-state index contributed by atoms with van der Waals surface area (Å²) < 4.78 is 2.73. The van der Waals surface area contributed by atoms with E-state index in [0.717, 1.165) is 0 Å². The molecule has 1 unspecified atom stereocenters. The van der Waals surface area contributed by atoms with Crippen molar-refractivity contribution in [2.75, 3.05) is 6.54 Å². The van der Waals surface area contributed by atoms with Gasteiger partial charge in [0.25, 0.3) is 11.8 Å². The molecule has 0 bridgehead atoms. The van der Waals surface area contributed by atoms with Crippen LogP contribution in [0.1, 0.15) is 54.2 Å². The number of carbonyl (C=O) groups is 3. The van der Waals surface area contributed by atoms with Gasteiger partial charge in [-0.25, -0.2) is 14.3 Å². The van der Waals surface area contributed by atoms with Crippen LogP contribution in [0, 0.1) is 5.92 Å². The molecule has 4 rings (SSSR count). The zero-order chi connectivity index (χ0) is 27.0. The molecule has 0 saturated carbocycles. The van der Waals surface area contributed by atoms with Gasteiger partial charge in [0.2, 0.25) is 11.3 Å². The summed E-state index contributed by atoms with van der Waals surface area (Å²) >= 11 is 0. The largest absolute Gasteiger partial charge is 0.503 e. The molecule has 1 atom stereocenters. The Morgan fingerprint density at radius 2 is 1.89 bits per heavy atom. The summed E-state index contributed by atoms with van der Waals surface area (Å²) in [6.45, 7) is 7.84. The van der Waals surface area contributed by atoms with E-state index in [4.69, 9.17) is 0 Å². The van der Waals surface area contributed by atoms with E-state index in [1.165, 1.54) is 33.4 Å². The maximum atomic E-state index is 13.1. The lowest BCUT2D eigenvalue weighted by molar-refractivity contribution is -0.124. The predicted octanol–water partition coefficient (Wildman–Crippen LogP) is -0.175. The Labute approximate surface area is 211 Å². The maximum absolute atomic E-state index is 13.1. The van der Waals surface area contributed by atoms with E-state index < -0.39 is 40.6 Å². The van der Waals surface area contributed by atoms with E-state index in [0.29, 0.717) is 18.8 Å². The van der Waals surface area contributed by atoms with Crippen molar-refractivity contribution in [3.63, 3.8) is 0 Å². The molecule has 4 N–H and O–H groups in total. The number of fused-ring (bicyclic) bond motifs is 2. The number of carbonyl (C=O) groups excluding carboxylic acids is 3. The highest BCUT2D eigenvalue weighted by molar-refractivity contribution is 6.02. The van der Waals surface area contributed by atoms with E-state index >= 15 is 0 Å². The molecule has 3 amide bonds. The number of nitrogens with one attached hydrogen (secondary N) is 3. The Morgan fingerprint density at radius 1 is 1.16 bits per heavy atom. The van der Waals surface area contributed by atoms with Crippen molar-refractivity contribution < 1.29 is 19.5 Å². The van der Waals surface area contributed by atoms with Crippen molar-refractivity contribution in [2.45, 2.75) is 52.9 Å². The first-order valence-corrected chi connectivity index (χ1v) is 11.9. The third-order valence-electron chi connectivity index (χ3n) is 6.39. The van der Waals surface area contributed by atoms with Crippen LogP contribution in [0.15, 0.2) is 34.0 Å². The van der Waals surface area contributed by atoms with Gasteiger partial charge in [0.05, 0.1) is 12.1 Å². The number of amides is 3. The first-order valence-electron chi connectivity index (χ1n) is 11.9. The third kappa shape index (κ3) is 4.71. The van der Waals surface area contributed by atoms with Crippen LogP contribution < -0.4 is 21.8 Å². The van der Waals surface area contributed by atoms with E-state index in [9.17, 15) is 29.1 Å². The summed E-state index contributed by atoms with van der Waals surface area (Å²) in [5.74, 6) is -2.47. The van der Waals surface area contributed by atoms with Crippen LogP contribution in [-0.2, 0) is 17.9 Å². The number of aromatic nitrogens is 4. The van der Waals surface area contributed by atoms with Gasteiger partial charge >= 0.3 is 5.69 Å². The zero-order valence-corrected chi connectivity index (χ0v) is 20.9. The predicted molar refractivity (Wildman–Crippen MR) is 132 cm³/mol. The molecule has 3 aromatic heterocycles. The maximum Gasteiger partial charge on any atom is 0.347 e. The first kappa shape index (κ1) is 25.7. The van der Waals surface area contributed by atoms with Crippen molar-refractivity contribution >= 4 is 23.4 Å². The fourth-order valence-corrected chi connectivity index (χ4v) is 4.39. The Kier molecular flexibility index (Phi) is 6.88. The molecule has 0 spiro atoms. The van der Waals surface area contributed by atoms with Crippen LogP contribution in [0.25, 0.3) is 5.65 Å². The fourth-order valence-electron chi connectivity index (χ4n) is 4.39. The highest BCUT2D eigenvalue weighted by Gasteiger charge is 2.32. The lowest BCUT2D eigenvalue weighted by Crippen LogP contribution is -2.50. The zero-order valence-electron chi connectivity index (χ0n) is 20.9. The van der Waals surface area contributed by atoms with Crippen molar-refractivity contribution in [1.29, 1.82) is 0 Å². The molecule has 196 valence electrons. The van der Waals surface area contributed by atoms with Crippen molar-refractivity contribution in [1.82, 2.24) is 34.7 Å². The molecular weight excluding hydrogens is 482 g/mol. The minimum Gasteiger partial charge on any atom is -0.503 e. The summed E-state index contributed by atoms with van der Waals surface area (Å²) in [5.41, 5.74) is -0.712. The fraction of sp³-hybridized carbons (Fsp3) is 0.417. The van der Waals surface area contributed by atoms with E-state index in [1.807, 2.05) is 13.8 Å². The lowest BCUT2D eigenvalue weighted by Gasteiger charge is -2.34. The quantitative estimate of drug-likeness (QED) is 0.341. The number of hydrogen-bond acceptors (Lipinski definition) is 7. The topological polar surface area (TPSA) is 171 Å². The van der Waals surface area contributed by atoms with Gasteiger partial charge in [0.15, 0.2) is 17.1 Å². The summed E-state index contributed by atoms with van der Waals surface area (Å²) in [6.07, 6.45) is 1.47. The summed E-state index contributed by atoms with van der Waals surface area (Å²) in [7, 11) is 0. The Balaban J connectivity index is 1.54. The third-order valence-corrected chi connectivity index (χ3v) is 6.39. The Bertz CT molecular complexity index is 1500. The van der Waals surface area contributed by atoms with Crippen LogP contribution in [0.4, 0.5) is 0 Å². The average molecular weight is 512 g/mol. The van der Waals surface area contributed by atoms with Gasteiger partial charge in [0, 0.05) is 37.1 Å². The van der Waals surface area contributed by atoms with Crippen LogP contribution >= 0.6 is 0 Å². The van der Waals surface area contributed by atoms with Gasteiger partial charge in [-0.05, 0) is 31.9 Å². The van der Waals surface area contributed by atoms with Crippen molar-refractivity contribution in [3.05, 3.63) is 62.1 Å². The van der Waals surface area contributed by atoms with E-state index in [1.54, 1.807) is 18.7 Å². The number of aromatic hydroxyl groups is 1. The van der Waals surface area contributed by atoms with Gasteiger partial charge in [-0.1, -0.05) is 13.8 Å². The normalized spacial score (nSPS) is 14.2. The highest BCUT2D eigenvalue weighted by Crippen LogP contribution is 2.22. The Morgan fingerprint density at radius 3 is 2.57 bits per heavy atom. The smallest absolute Gasteiger partial charge is 0.347 e. The van der Waals surface area contributed by atoms with Crippen molar-refractivity contribution in [3.8, 4) is 5.75 Å². The lowest BCUT2D eigenvalue weighted by atomic mass is 10.0. The van der Waals surface area contributed by atoms with E-state index in [-0.39, 0.29) is 35.4 Å². The summed E-state index contributed by atoms with van der Waals surface area (Å²) in [5, 5.41) is 21.9. The van der Waals surface area contributed by atoms with Gasteiger partial charge in [-0.15, -0.1) is 0 Å². The molecule has 13 nitrogen and oxygen atoms in total. The SMILES string of the molecule is CC(C)C(NC(=O)c1cccn2c(=O)[nH]nc12)C(=O)NCc1cc(=O)c(O)c2n1CCN(C(C)C)C2=O. The molecule has 37 heavy (non-hydrogen) atoms. The molecule has 0 aromatic carbocycles. The number of aromatic amines is 1. The standard InChI is InChI=1S/C24H29N7O6/c1-12(2)17(26-21(34)15-6-5-7-31-20(15)27-28-24(31)37)22(35)25-11-14-10-16(32)19(33)18-23(36)29(13(3)4)8-9-30(14)18/h5-7,10,12-13,17,33H,8-9,11H2,1-4H3,(H,25,35)(H,26,34)(H,28,37). The molecule has 0 aliphatic carbocycles. The average Bonchev–Trinajstić information content (AvgIpc) is 3.23.